The zero-order valence-corrected chi connectivity index (χ0v) is 17.6. The highest BCUT2D eigenvalue weighted by Crippen LogP contribution is 2.11. The molecule has 2 heterocycles. The number of pyridine rings is 1. The predicted octanol–water partition coefficient (Wildman–Crippen LogP) is 0.784. The number of carbonyl (C=O) groups is 2. The average molecular weight is 424 g/mol. The van der Waals surface area contributed by atoms with Gasteiger partial charge in [0.05, 0.1) is 17.9 Å². The van der Waals surface area contributed by atoms with Crippen LogP contribution in [0, 0.1) is 5.92 Å². The van der Waals surface area contributed by atoms with Crippen molar-refractivity contribution >= 4 is 22.9 Å². The van der Waals surface area contributed by atoms with Crippen LogP contribution in [-0.4, -0.2) is 39.1 Å². The quantitative estimate of drug-likeness (QED) is 0.561. The van der Waals surface area contributed by atoms with Crippen molar-refractivity contribution < 1.29 is 14.3 Å². The van der Waals surface area contributed by atoms with E-state index in [0.717, 1.165) is 10.1 Å². The second kappa shape index (κ2) is 9.38. The van der Waals surface area contributed by atoms with Crippen molar-refractivity contribution in [2.24, 2.45) is 20.0 Å². The zero-order chi connectivity index (χ0) is 22.5. The number of amides is 1. The Kier molecular flexibility index (Phi) is 6.64. The lowest BCUT2D eigenvalue weighted by Gasteiger charge is -2.16. The lowest BCUT2D eigenvalue weighted by molar-refractivity contribution is -0.147. The number of carbonyl (C=O) groups excluding carboxylic acids is 2. The molecule has 0 spiro atoms. The Morgan fingerprint density at radius 1 is 1.06 bits per heavy atom. The molecule has 0 aliphatic rings. The highest BCUT2D eigenvalue weighted by molar-refractivity contribution is 5.94. The fourth-order valence-corrected chi connectivity index (χ4v) is 3.28. The second-order valence-electron chi connectivity index (χ2n) is 7.12. The van der Waals surface area contributed by atoms with E-state index in [2.05, 4.69) is 10.3 Å². The molecule has 0 fully saturated rings. The number of hydrogen-bond acceptors (Lipinski definition) is 6. The lowest BCUT2D eigenvalue weighted by atomic mass is 9.99. The van der Waals surface area contributed by atoms with Gasteiger partial charge in [-0.25, -0.2) is 9.78 Å². The van der Waals surface area contributed by atoms with Gasteiger partial charge in [0.25, 0.3) is 11.5 Å². The lowest BCUT2D eigenvalue weighted by Crippen LogP contribution is -2.38. The van der Waals surface area contributed by atoms with E-state index in [4.69, 9.17) is 4.74 Å². The van der Waals surface area contributed by atoms with Gasteiger partial charge in [-0.1, -0.05) is 30.3 Å². The molecule has 0 saturated heterocycles. The molecule has 1 atom stereocenters. The topological polar surface area (TPSA) is 112 Å². The molecular formula is C22H24N4O5. The van der Waals surface area contributed by atoms with E-state index in [9.17, 15) is 19.2 Å². The number of esters is 1. The third-order valence-electron chi connectivity index (χ3n) is 4.99. The number of benzene rings is 1. The maximum atomic E-state index is 12.7. The van der Waals surface area contributed by atoms with E-state index in [1.807, 2.05) is 30.3 Å². The molecule has 0 aliphatic carbocycles. The maximum absolute atomic E-state index is 12.7. The number of hydrogen-bond donors (Lipinski definition) is 1. The number of aromatic nitrogens is 3. The normalized spacial score (nSPS) is 11.8. The Morgan fingerprint density at radius 2 is 1.77 bits per heavy atom. The van der Waals surface area contributed by atoms with Gasteiger partial charge in [-0.15, -0.1) is 0 Å². The number of aryl methyl sites for hydroxylation is 1. The van der Waals surface area contributed by atoms with E-state index in [-0.39, 0.29) is 29.9 Å². The standard InChI is InChI=1S/C22H24N4O5/c1-4-31-21(29)15(12-14-8-6-5-7-9-14)13-23-19(27)17-11-10-16-18(24-17)25(2)22(30)26(3)20(16)28/h5-11,15H,4,12-13H2,1-3H3,(H,23,27). The third-order valence-corrected chi connectivity index (χ3v) is 4.99. The van der Waals surface area contributed by atoms with Gasteiger partial charge >= 0.3 is 11.7 Å². The van der Waals surface area contributed by atoms with Crippen molar-refractivity contribution in [3.05, 3.63) is 74.6 Å². The van der Waals surface area contributed by atoms with Crippen LogP contribution in [0.15, 0.2) is 52.1 Å². The molecule has 2 aromatic heterocycles. The van der Waals surface area contributed by atoms with Crippen LogP contribution < -0.4 is 16.6 Å². The monoisotopic (exact) mass is 424 g/mol. The second-order valence-corrected chi connectivity index (χ2v) is 7.12. The van der Waals surface area contributed by atoms with Crippen LogP contribution >= 0.6 is 0 Å². The van der Waals surface area contributed by atoms with Crippen LogP contribution in [0.3, 0.4) is 0 Å². The molecule has 1 N–H and O–H groups in total. The number of nitrogens with one attached hydrogen (secondary N) is 1. The molecule has 9 heteroatoms. The van der Waals surface area contributed by atoms with Gasteiger partial charge in [0.15, 0.2) is 0 Å². The van der Waals surface area contributed by atoms with Crippen molar-refractivity contribution in [3.8, 4) is 0 Å². The maximum Gasteiger partial charge on any atom is 0.332 e. The van der Waals surface area contributed by atoms with Gasteiger partial charge in [0.1, 0.15) is 11.3 Å². The number of nitrogens with zero attached hydrogens (tertiary/aromatic N) is 3. The van der Waals surface area contributed by atoms with Crippen molar-refractivity contribution in [1.29, 1.82) is 0 Å². The van der Waals surface area contributed by atoms with Crippen molar-refractivity contribution in [2.45, 2.75) is 13.3 Å². The largest absolute Gasteiger partial charge is 0.466 e. The van der Waals surface area contributed by atoms with Crippen molar-refractivity contribution in [3.63, 3.8) is 0 Å². The van der Waals surface area contributed by atoms with Crippen LogP contribution in [0.25, 0.3) is 11.0 Å². The van der Waals surface area contributed by atoms with E-state index >= 15 is 0 Å². The summed E-state index contributed by atoms with van der Waals surface area (Å²) in [5, 5.41) is 2.94. The molecule has 0 aliphatic heterocycles. The molecule has 0 radical (unpaired) electrons. The summed E-state index contributed by atoms with van der Waals surface area (Å²) in [5.41, 5.74) is 0.0881. The van der Waals surface area contributed by atoms with Gasteiger partial charge in [-0.2, -0.15) is 0 Å². The highest BCUT2D eigenvalue weighted by atomic mass is 16.5. The molecule has 1 unspecified atom stereocenters. The first-order valence-corrected chi connectivity index (χ1v) is 9.89. The molecule has 162 valence electrons. The van der Waals surface area contributed by atoms with Crippen LogP contribution in [0.2, 0.25) is 0 Å². The van der Waals surface area contributed by atoms with Gasteiger partial charge in [-0.3, -0.25) is 23.5 Å². The van der Waals surface area contributed by atoms with E-state index in [1.54, 1.807) is 6.92 Å². The first-order chi connectivity index (χ1) is 14.8. The van der Waals surface area contributed by atoms with Crippen LogP contribution in [0.4, 0.5) is 0 Å². The molecule has 1 amide bonds. The smallest absolute Gasteiger partial charge is 0.332 e. The first kappa shape index (κ1) is 21.9. The molecule has 0 bridgehead atoms. The highest BCUT2D eigenvalue weighted by Gasteiger charge is 2.22. The Morgan fingerprint density at radius 3 is 2.45 bits per heavy atom. The zero-order valence-electron chi connectivity index (χ0n) is 17.6. The summed E-state index contributed by atoms with van der Waals surface area (Å²) in [4.78, 5) is 53.6. The third kappa shape index (κ3) is 4.71. The summed E-state index contributed by atoms with van der Waals surface area (Å²) in [7, 11) is 2.86. The Hall–Kier alpha value is -3.75. The summed E-state index contributed by atoms with van der Waals surface area (Å²) >= 11 is 0. The summed E-state index contributed by atoms with van der Waals surface area (Å²) in [6.07, 6.45) is 0.412. The fourth-order valence-electron chi connectivity index (χ4n) is 3.28. The number of rotatable bonds is 7. The summed E-state index contributed by atoms with van der Waals surface area (Å²) in [5.74, 6) is -1.48. The van der Waals surface area contributed by atoms with Crippen LogP contribution in [0.1, 0.15) is 23.0 Å². The van der Waals surface area contributed by atoms with E-state index < -0.39 is 29.0 Å². The SMILES string of the molecule is CCOC(=O)C(CNC(=O)c1ccc2c(=O)n(C)c(=O)n(C)c2n1)Cc1ccccc1. The van der Waals surface area contributed by atoms with Gasteiger partial charge in [0.2, 0.25) is 0 Å². The summed E-state index contributed by atoms with van der Waals surface area (Å²) < 4.78 is 7.34. The van der Waals surface area contributed by atoms with E-state index in [0.29, 0.717) is 6.42 Å². The molecule has 0 saturated carbocycles. The van der Waals surface area contributed by atoms with Crippen LogP contribution in [0.5, 0.6) is 0 Å². The Balaban J connectivity index is 1.82. The Labute approximate surface area is 178 Å². The molecular weight excluding hydrogens is 400 g/mol. The van der Waals surface area contributed by atoms with Gasteiger partial charge in [0, 0.05) is 20.6 Å². The molecule has 3 aromatic rings. The molecule has 31 heavy (non-hydrogen) atoms. The number of ether oxygens (including phenoxy) is 1. The van der Waals surface area contributed by atoms with Gasteiger partial charge in [-0.05, 0) is 31.0 Å². The Bertz CT molecular complexity index is 1230. The summed E-state index contributed by atoms with van der Waals surface area (Å²) in [6, 6.07) is 12.3. The fraction of sp³-hybridized carbons (Fsp3) is 0.318. The molecule has 1 aromatic carbocycles. The van der Waals surface area contributed by atoms with Crippen molar-refractivity contribution in [1.82, 2.24) is 19.4 Å². The molecule has 9 nitrogen and oxygen atoms in total. The van der Waals surface area contributed by atoms with Crippen molar-refractivity contribution in [2.75, 3.05) is 13.2 Å². The van der Waals surface area contributed by atoms with Crippen LogP contribution in [-0.2, 0) is 30.0 Å². The van der Waals surface area contributed by atoms with Gasteiger partial charge < -0.3 is 10.1 Å². The molecule has 3 rings (SSSR count). The number of fused-ring (bicyclic) bond motifs is 1. The minimum Gasteiger partial charge on any atom is -0.466 e. The van der Waals surface area contributed by atoms with E-state index in [1.165, 1.54) is 30.8 Å². The predicted molar refractivity (Wildman–Crippen MR) is 115 cm³/mol. The average Bonchev–Trinajstić information content (AvgIpc) is 2.79. The first-order valence-electron chi connectivity index (χ1n) is 9.89. The minimum absolute atomic E-state index is 0.0399. The summed E-state index contributed by atoms with van der Waals surface area (Å²) in [6.45, 7) is 2.03. The minimum atomic E-state index is -0.566.